The number of carbonyl (C=O) groups excluding carboxylic acids is 1. The highest BCUT2D eigenvalue weighted by Gasteiger charge is 2.28. The summed E-state index contributed by atoms with van der Waals surface area (Å²) in [6, 6.07) is 9.20. The van der Waals surface area contributed by atoms with E-state index in [1.165, 1.54) is 11.1 Å². The van der Waals surface area contributed by atoms with Crippen LogP contribution in [0.15, 0.2) is 35.8 Å². The fraction of sp³-hybridized carbons (Fsp3) is 0.500. The molecule has 2 heterocycles. The first kappa shape index (κ1) is 18.1. The Morgan fingerprint density at radius 1 is 1.32 bits per heavy atom. The maximum atomic E-state index is 12.5. The van der Waals surface area contributed by atoms with E-state index in [0.29, 0.717) is 18.5 Å². The van der Waals surface area contributed by atoms with E-state index < -0.39 is 0 Å². The summed E-state index contributed by atoms with van der Waals surface area (Å²) in [7, 11) is 2.16. The lowest BCUT2D eigenvalue weighted by molar-refractivity contribution is -0.131. The van der Waals surface area contributed by atoms with Crippen LogP contribution in [-0.2, 0) is 11.3 Å². The molecule has 1 saturated heterocycles. The molecule has 1 aliphatic rings. The molecule has 0 aliphatic carbocycles. The van der Waals surface area contributed by atoms with E-state index in [-0.39, 0.29) is 5.91 Å². The summed E-state index contributed by atoms with van der Waals surface area (Å²) in [5.74, 6) is 0.276. The van der Waals surface area contributed by atoms with Crippen LogP contribution in [0.25, 0.3) is 0 Å². The summed E-state index contributed by atoms with van der Waals surface area (Å²) in [6.07, 6.45) is 4.44. The minimum absolute atomic E-state index is 0.276. The smallest absolute Gasteiger partial charge is 0.222 e. The molecule has 0 N–H and O–H groups in total. The van der Waals surface area contributed by atoms with Gasteiger partial charge in [0.25, 0.3) is 0 Å². The number of aryl methyl sites for hydroxylation is 1. The molecule has 0 radical (unpaired) electrons. The number of rotatable bonds is 5. The van der Waals surface area contributed by atoms with Gasteiger partial charge in [0.2, 0.25) is 5.91 Å². The average Bonchev–Trinajstić information content (AvgIpc) is 3.09. The third-order valence-electron chi connectivity index (χ3n) is 5.27. The van der Waals surface area contributed by atoms with Crippen LogP contribution in [0.5, 0.6) is 0 Å². The van der Waals surface area contributed by atoms with E-state index in [9.17, 15) is 4.79 Å². The van der Waals surface area contributed by atoms with Crippen molar-refractivity contribution in [2.45, 2.75) is 51.7 Å². The normalized spacial score (nSPS) is 19.9. The van der Waals surface area contributed by atoms with Crippen LogP contribution in [0.4, 0.5) is 0 Å². The molecule has 1 aromatic carbocycles. The van der Waals surface area contributed by atoms with Gasteiger partial charge >= 0.3 is 0 Å². The molecular weight excluding hydrogens is 330 g/mol. The van der Waals surface area contributed by atoms with E-state index in [2.05, 4.69) is 55.0 Å². The molecule has 25 heavy (non-hydrogen) atoms. The number of benzene rings is 1. The standard InChI is InChI=1S/C20H27N3OS/c1-15-4-6-17(7-5-15)14-23-12-10-18(8-9-19(23)24)22(3)16(2)20-21-11-13-25-20/h4-7,11,13,16,18H,8-10,12,14H2,1-3H3/t16-,18+/m1/s1. The zero-order valence-electron chi connectivity index (χ0n) is 15.3. The summed E-state index contributed by atoms with van der Waals surface area (Å²) < 4.78 is 0. The van der Waals surface area contributed by atoms with Crippen LogP contribution < -0.4 is 0 Å². The molecule has 4 nitrogen and oxygen atoms in total. The molecule has 5 heteroatoms. The predicted molar refractivity (Wildman–Crippen MR) is 103 cm³/mol. The van der Waals surface area contributed by atoms with Gasteiger partial charge in [-0.2, -0.15) is 0 Å². The number of hydrogen-bond donors (Lipinski definition) is 0. The molecule has 2 aromatic rings. The van der Waals surface area contributed by atoms with Gasteiger partial charge in [-0.1, -0.05) is 29.8 Å². The second-order valence-corrected chi connectivity index (χ2v) is 7.92. The topological polar surface area (TPSA) is 36.4 Å². The molecule has 0 unspecified atom stereocenters. The molecule has 1 aliphatic heterocycles. The fourth-order valence-corrected chi connectivity index (χ4v) is 4.19. The summed E-state index contributed by atoms with van der Waals surface area (Å²) in [6.45, 7) is 5.84. The van der Waals surface area contributed by atoms with Gasteiger partial charge in [0.1, 0.15) is 5.01 Å². The number of thiazole rings is 1. The van der Waals surface area contributed by atoms with Gasteiger partial charge in [0, 0.05) is 37.1 Å². The van der Waals surface area contributed by atoms with Gasteiger partial charge in [0.15, 0.2) is 0 Å². The van der Waals surface area contributed by atoms with Crippen molar-refractivity contribution in [3.05, 3.63) is 52.0 Å². The lowest BCUT2D eigenvalue weighted by Gasteiger charge is -2.31. The molecule has 0 saturated carbocycles. The largest absolute Gasteiger partial charge is 0.338 e. The lowest BCUT2D eigenvalue weighted by Crippen LogP contribution is -2.35. The summed E-state index contributed by atoms with van der Waals surface area (Å²) in [4.78, 5) is 21.4. The summed E-state index contributed by atoms with van der Waals surface area (Å²) in [5, 5.41) is 3.18. The Morgan fingerprint density at radius 2 is 2.08 bits per heavy atom. The zero-order valence-corrected chi connectivity index (χ0v) is 16.1. The van der Waals surface area contributed by atoms with Crippen molar-refractivity contribution in [1.82, 2.24) is 14.8 Å². The third-order valence-corrected chi connectivity index (χ3v) is 6.21. The number of aromatic nitrogens is 1. The van der Waals surface area contributed by atoms with Crippen LogP contribution in [0, 0.1) is 6.92 Å². The van der Waals surface area contributed by atoms with Gasteiger partial charge in [0.05, 0.1) is 6.04 Å². The van der Waals surface area contributed by atoms with Gasteiger partial charge in [-0.05, 0) is 39.3 Å². The summed E-state index contributed by atoms with van der Waals surface area (Å²) in [5.41, 5.74) is 2.46. The highest BCUT2D eigenvalue weighted by molar-refractivity contribution is 7.09. The van der Waals surface area contributed by atoms with E-state index in [1.807, 2.05) is 16.5 Å². The molecule has 1 fully saturated rings. The fourth-order valence-electron chi connectivity index (χ4n) is 3.44. The van der Waals surface area contributed by atoms with Gasteiger partial charge in [-0.25, -0.2) is 4.98 Å². The average molecular weight is 358 g/mol. The number of nitrogens with zero attached hydrogens (tertiary/aromatic N) is 3. The molecule has 1 amide bonds. The molecule has 2 atom stereocenters. The predicted octanol–water partition coefficient (Wildman–Crippen LogP) is 4.03. The van der Waals surface area contributed by atoms with Crippen molar-refractivity contribution in [2.75, 3.05) is 13.6 Å². The second-order valence-electron chi connectivity index (χ2n) is 6.99. The Hall–Kier alpha value is -1.72. The molecule has 0 bridgehead atoms. The molecule has 1 aromatic heterocycles. The highest BCUT2D eigenvalue weighted by Crippen LogP contribution is 2.27. The maximum absolute atomic E-state index is 12.5. The van der Waals surface area contributed by atoms with Gasteiger partial charge < -0.3 is 4.90 Å². The van der Waals surface area contributed by atoms with Crippen molar-refractivity contribution in [1.29, 1.82) is 0 Å². The molecular formula is C20H27N3OS. The number of carbonyl (C=O) groups is 1. The number of amides is 1. The first-order chi connectivity index (χ1) is 12.0. The highest BCUT2D eigenvalue weighted by atomic mass is 32.1. The van der Waals surface area contributed by atoms with Crippen LogP contribution in [-0.4, -0.2) is 40.3 Å². The Kier molecular flexibility index (Phi) is 5.86. The molecule has 134 valence electrons. The Morgan fingerprint density at radius 3 is 2.76 bits per heavy atom. The molecule has 0 spiro atoms. The van der Waals surface area contributed by atoms with E-state index in [0.717, 1.165) is 30.9 Å². The Bertz CT molecular complexity index is 683. The van der Waals surface area contributed by atoms with Crippen molar-refractivity contribution in [2.24, 2.45) is 0 Å². The number of likely N-dealkylation sites (tertiary alicyclic amines) is 1. The van der Waals surface area contributed by atoms with Crippen molar-refractivity contribution < 1.29 is 4.79 Å². The van der Waals surface area contributed by atoms with Crippen LogP contribution in [0.1, 0.15) is 48.4 Å². The van der Waals surface area contributed by atoms with E-state index in [1.54, 1.807) is 11.3 Å². The molecule has 3 rings (SSSR count). The second kappa shape index (κ2) is 8.11. The van der Waals surface area contributed by atoms with Crippen LogP contribution in [0.3, 0.4) is 0 Å². The van der Waals surface area contributed by atoms with Gasteiger partial charge in [-0.3, -0.25) is 9.69 Å². The van der Waals surface area contributed by atoms with Crippen LogP contribution >= 0.6 is 11.3 Å². The van der Waals surface area contributed by atoms with Crippen molar-refractivity contribution in [3.63, 3.8) is 0 Å². The van der Waals surface area contributed by atoms with Crippen LogP contribution in [0.2, 0.25) is 0 Å². The lowest BCUT2D eigenvalue weighted by atomic mass is 10.1. The SMILES string of the molecule is Cc1ccc(CN2CC[C@@H](N(C)[C@H](C)c3nccs3)CCC2=O)cc1. The van der Waals surface area contributed by atoms with Crippen molar-refractivity contribution >= 4 is 17.2 Å². The first-order valence-electron chi connectivity index (χ1n) is 8.99. The zero-order chi connectivity index (χ0) is 17.8. The Balaban J connectivity index is 1.62. The summed E-state index contributed by atoms with van der Waals surface area (Å²) >= 11 is 1.70. The van der Waals surface area contributed by atoms with Gasteiger partial charge in [-0.15, -0.1) is 11.3 Å². The van der Waals surface area contributed by atoms with E-state index in [4.69, 9.17) is 0 Å². The minimum Gasteiger partial charge on any atom is -0.338 e. The minimum atomic E-state index is 0.276. The first-order valence-corrected chi connectivity index (χ1v) is 9.87. The quantitative estimate of drug-likeness (QED) is 0.811. The third kappa shape index (κ3) is 4.47. The monoisotopic (exact) mass is 357 g/mol. The maximum Gasteiger partial charge on any atom is 0.222 e. The Labute approximate surface area is 154 Å². The van der Waals surface area contributed by atoms with E-state index >= 15 is 0 Å². The number of hydrogen-bond acceptors (Lipinski definition) is 4. The van der Waals surface area contributed by atoms with Crippen molar-refractivity contribution in [3.8, 4) is 0 Å².